The summed E-state index contributed by atoms with van der Waals surface area (Å²) < 4.78 is 34.2. The summed E-state index contributed by atoms with van der Waals surface area (Å²) in [5.41, 5.74) is 3.92. The summed E-state index contributed by atoms with van der Waals surface area (Å²) in [6.45, 7) is 7.20. The van der Waals surface area contributed by atoms with Gasteiger partial charge in [-0.3, -0.25) is 4.57 Å². The number of halogens is 1. The third-order valence-electron chi connectivity index (χ3n) is 5.81. The number of ether oxygens (including phenoxy) is 1. The molecular weight excluding hydrogens is 515 g/mol. The van der Waals surface area contributed by atoms with Crippen LogP contribution >= 0.6 is 23.5 Å². The van der Waals surface area contributed by atoms with Gasteiger partial charge in [0.05, 0.1) is 20.3 Å². The maximum Gasteiger partial charge on any atom is 0.357 e. The number of hydrogen-bond acceptors (Lipinski definition) is 5. The maximum atomic E-state index is 14.0. The highest BCUT2D eigenvalue weighted by atomic mass is 79.9. The van der Waals surface area contributed by atoms with Crippen molar-refractivity contribution in [1.29, 1.82) is 0 Å². The summed E-state index contributed by atoms with van der Waals surface area (Å²) in [6, 6.07) is 20.0. The molecule has 180 valence electrons. The first kappa shape index (κ1) is 24.8. The Morgan fingerprint density at radius 3 is 2.12 bits per heavy atom. The van der Waals surface area contributed by atoms with E-state index in [1.54, 1.807) is 7.11 Å². The highest BCUT2D eigenvalue weighted by Gasteiger charge is 2.37. The molecule has 3 aromatic carbocycles. The average Bonchev–Trinajstić information content (AvgIpc) is 3.15. The van der Waals surface area contributed by atoms with E-state index in [-0.39, 0.29) is 13.2 Å². The van der Waals surface area contributed by atoms with Crippen molar-refractivity contribution in [1.82, 2.24) is 4.57 Å². The standard InChI is InChI=1S/C26H30BrN2O4P/c1-5-29-24-14-8-18(16-22(24)23-17-19(27)9-15-25(23)29)26(34(30,32-6-2)33-7-3)28-20-10-12-21(31-4)13-11-20/h8-17,26,28H,5-7H2,1-4H3. The SMILES string of the molecule is CCOP(=O)(OCC)C(Nc1ccc(OC)cc1)c1ccc2c(c1)c1cc(Br)ccc1n2CC. The van der Waals surface area contributed by atoms with Crippen molar-refractivity contribution in [3.8, 4) is 5.75 Å². The van der Waals surface area contributed by atoms with Crippen molar-refractivity contribution < 1.29 is 18.3 Å². The molecule has 4 aromatic rings. The van der Waals surface area contributed by atoms with E-state index in [0.717, 1.165) is 49.8 Å². The van der Waals surface area contributed by atoms with Gasteiger partial charge >= 0.3 is 7.60 Å². The predicted molar refractivity (Wildman–Crippen MR) is 143 cm³/mol. The molecule has 1 atom stereocenters. The Bertz CT molecular complexity index is 1330. The first-order valence-corrected chi connectivity index (χ1v) is 13.8. The maximum absolute atomic E-state index is 14.0. The summed E-state index contributed by atoms with van der Waals surface area (Å²) in [5.74, 6) is 0.0663. The van der Waals surface area contributed by atoms with Gasteiger partial charge in [-0.1, -0.05) is 22.0 Å². The van der Waals surface area contributed by atoms with Crippen LogP contribution in [-0.2, 0) is 20.2 Å². The van der Waals surface area contributed by atoms with Crippen molar-refractivity contribution in [2.45, 2.75) is 33.1 Å². The molecule has 8 heteroatoms. The van der Waals surface area contributed by atoms with Gasteiger partial charge in [0.2, 0.25) is 0 Å². The van der Waals surface area contributed by atoms with Gasteiger partial charge in [-0.15, -0.1) is 0 Å². The van der Waals surface area contributed by atoms with Gasteiger partial charge in [0.1, 0.15) is 5.75 Å². The topological polar surface area (TPSA) is 61.7 Å². The molecule has 0 amide bonds. The molecule has 0 saturated carbocycles. The van der Waals surface area contributed by atoms with E-state index in [1.807, 2.05) is 44.2 Å². The second-order valence-corrected chi connectivity index (χ2v) is 10.9. The molecule has 0 aliphatic carbocycles. The van der Waals surface area contributed by atoms with Crippen LogP contribution in [0.5, 0.6) is 5.75 Å². The van der Waals surface area contributed by atoms with E-state index in [9.17, 15) is 4.57 Å². The van der Waals surface area contributed by atoms with E-state index in [1.165, 1.54) is 0 Å². The van der Waals surface area contributed by atoms with Crippen molar-refractivity contribution >= 4 is 51.0 Å². The van der Waals surface area contributed by atoms with E-state index >= 15 is 0 Å². The van der Waals surface area contributed by atoms with Crippen LogP contribution < -0.4 is 10.1 Å². The van der Waals surface area contributed by atoms with Gasteiger partial charge in [0.15, 0.2) is 5.78 Å². The Labute approximate surface area is 208 Å². The number of benzene rings is 3. The van der Waals surface area contributed by atoms with Crippen LogP contribution in [-0.4, -0.2) is 24.9 Å². The van der Waals surface area contributed by atoms with Gasteiger partial charge in [0, 0.05) is 38.5 Å². The molecule has 1 N–H and O–H groups in total. The third kappa shape index (κ3) is 4.76. The van der Waals surface area contributed by atoms with Crippen molar-refractivity contribution in [3.05, 3.63) is 70.7 Å². The van der Waals surface area contributed by atoms with Crippen molar-refractivity contribution in [3.63, 3.8) is 0 Å². The minimum absolute atomic E-state index is 0.280. The van der Waals surface area contributed by atoms with Crippen molar-refractivity contribution in [2.75, 3.05) is 25.6 Å². The molecule has 0 fully saturated rings. The zero-order valence-corrected chi connectivity index (χ0v) is 22.4. The fourth-order valence-corrected chi connectivity index (χ4v) is 6.63. The number of hydrogen-bond donors (Lipinski definition) is 1. The van der Waals surface area contributed by atoms with Crippen molar-refractivity contribution in [2.24, 2.45) is 0 Å². The predicted octanol–water partition coefficient (Wildman–Crippen LogP) is 7.96. The Balaban J connectivity index is 1.88. The second-order valence-electron chi connectivity index (χ2n) is 7.83. The molecule has 6 nitrogen and oxygen atoms in total. The van der Waals surface area contributed by atoms with Gasteiger partial charge in [-0.05, 0) is 80.9 Å². The summed E-state index contributed by atoms with van der Waals surface area (Å²) in [6.07, 6.45) is 0. The lowest BCUT2D eigenvalue weighted by Gasteiger charge is -2.28. The number of anilines is 1. The van der Waals surface area contributed by atoms with Crippen LogP contribution in [0, 0.1) is 0 Å². The molecule has 0 bridgehead atoms. The van der Waals surface area contributed by atoms with Crippen LogP contribution in [0.2, 0.25) is 0 Å². The molecule has 0 aliphatic heterocycles. The highest BCUT2D eigenvalue weighted by Crippen LogP contribution is 2.61. The number of aromatic nitrogens is 1. The Morgan fingerprint density at radius 1 is 0.912 bits per heavy atom. The molecule has 0 aliphatic rings. The van der Waals surface area contributed by atoms with Gasteiger partial charge in [0.25, 0.3) is 0 Å². The smallest absolute Gasteiger partial charge is 0.357 e. The number of nitrogens with one attached hydrogen (secondary N) is 1. The normalized spacial score (nSPS) is 12.9. The Kier molecular flexibility index (Phi) is 7.68. The number of methoxy groups -OCH3 is 1. The summed E-state index contributed by atoms with van der Waals surface area (Å²) in [4.78, 5) is 0. The lowest BCUT2D eigenvalue weighted by atomic mass is 10.1. The molecule has 1 aromatic heterocycles. The Hall–Kier alpha value is -2.31. The average molecular weight is 545 g/mol. The van der Waals surface area contributed by atoms with Crippen LogP contribution in [0.3, 0.4) is 0 Å². The highest BCUT2D eigenvalue weighted by molar-refractivity contribution is 9.10. The first-order valence-electron chi connectivity index (χ1n) is 11.4. The molecule has 0 saturated heterocycles. The molecule has 0 radical (unpaired) electrons. The minimum atomic E-state index is -3.54. The van der Waals surface area contributed by atoms with Gasteiger partial charge in [-0.25, -0.2) is 0 Å². The number of rotatable bonds is 10. The van der Waals surface area contributed by atoms with Gasteiger partial charge in [-0.2, -0.15) is 0 Å². The summed E-state index contributed by atoms with van der Waals surface area (Å²) in [7, 11) is -1.91. The monoisotopic (exact) mass is 544 g/mol. The molecule has 0 spiro atoms. The summed E-state index contributed by atoms with van der Waals surface area (Å²) >= 11 is 3.61. The van der Waals surface area contributed by atoms with Crippen LogP contribution in [0.4, 0.5) is 5.69 Å². The molecule has 1 heterocycles. The number of fused-ring (bicyclic) bond motifs is 3. The van der Waals surface area contributed by atoms with E-state index in [2.05, 4.69) is 63.1 Å². The lowest BCUT2D eigenvalue weighted by Crippen LogP contribution is -2.15. The molecule has 1 unspecified atom stereocenters. The van der Waals surface area contributed by atoms with Gasteiger partial charge < -0.3 is 23.7 Å². The van der Waals surface area contributed by atoms with Crippen LogP contribution in [0.25, 0.3) is 21.8 Å². The minimum Gasteiger partial charge on any atom is -0.497 e. The van der Waals surface area contributed by atoms with E-state index in [0.29, 0.717) is 0 Å². The quantitative estimate of drug-likeness (QED) is 0.205. The zero-order chi connectivity index (χ0) is 24.3. The molecular formula is C26H30BrN2O4P. The van der Waals surface area contributed by atoms with E-state index in [4.69, 9.17) is 13.8 Å². The zero-order valence-electron chi connectivity index (χ0n) is 19.9. The Morgan fingerprint density at radius 2 is 1.53 bits per heavy atom. The fourth-order valence-electron chi connectivity index (χ4n) is 4.34. The third-order valence-corrected chi connectivity index (χ3v) is 8.60. The number of nitrogens with zero attached hydrogens (tertiary/aromatic N) is 1. The fraction of sp³-hybridized carbons (Fsp3) is 0.308. The number of aryl methyl sites for hydroxylation is 1. The second kappa shape index (κ2) is 10.5. The van der Waals surface area contributed by atoms with Crippen LogP contribution in [0.15, 0.2) is 65.1 Å². The lowest BCUT2D eigenvalue weighted by molar-refractivity contribution is 0.214. The summed E-state index contributed by atoms with van der Waals surface area (Å²) in [5, 5.41) is 5.65. The van der Waals surface area contributed by atoms with Crippen LogP contribution in [0.1, 0.15) is 32.1 Å². The molecule has 4 rings (SSSR count). The largest absolute Gasteiger partial charge is 0.497 e. The first-order chi connectivity index (χ1) is 16.4. The van der Waals surface area contributed by atoms with E-state index < -0.39 is 13.4 Å². The molecule has 34 heavy (non-hydrogen) atoms.